The summed E-state index contributed by atoms with van der Waals surface area (Å²) >= 11 is 0. The lowest BCUT2D eigenvalue weighted by Gasteiger charge is -2.17. The van der Waals surface area contributed by atoms with E-state index in [0.717, 1.165) is 0 Å². The molecule has 0 aliphatic heterocycles. The fourth-order valence-corrected chi connectivity index (χ4v) is 3.04. The van der Waals surface area contributed by atoms with Gasteiger partial charge in [-0.2, -0.15) is 8.42 Å². The van der Waals surface area contributed by atoms with Crippen molar-refractivity contribution in [1.82, 2.24) is 0 Å². The molecule has 0 saturated carbocycles. The van der Waals surface area contributed by atoms with E-state index < -0.39 is 10.2 Å². The van der Waals surface area contributed by atoms with Crippen molar-refractivity contribution in [3.63, 3.8) is 0 Å². The van der Waals surface area contributed by atoms with Crippen molar-refractivity contribution in [2.75, 3.05) is 33.2 Å². The van der Waals surface area contributed by atoms with Crippen LogP contribution in [0.1, 0.15) is 11.1 Å². The molecule has 0 atom stereocenters. The van der Waals surface area contributed by atoms with E-state index in [0.29, 0.717) is 28.4 Å². The number of methoxy groups -OCH3 is 4. The number of para-hydroxylation sites is 1. The van der Waals surface area contributed by atoms with Crippen LogP contribution in [0.5, 0.6) is 11.5 Å². The van der Waals surface area contributed by atoms with Gasteiger partial charge in [0.25, 0.3) is 10.2 Å². The predicted octanol–water partition coefficient (Wildman–Crippen LogP) is 2.44. The summed E-state index contributed by atoms with van der Waals surface area (Å²) in [7, 11) is 2.08. The van der Waals surface area contributed by atoms with E-state index in [4.69, 9.17) is 24.1 Å². The molecule has 2 rings (SSSR count). The van der Waals surface area contributed by atoms with Crippen molar-refractivity contribution in [3.8, 4) is 11.5 Å². The van der Waals surface area contributed by atoms with Gasteiger partial charge < -0.3 is 18.9 Å². The smallest absolute Gasteiger partial charge is 0.296 e. The Morgan fingerprint density at radius 3 is 2.07 bits per heavy atom. The zero-order valence-electron chi connectivity index (χ0n) is 15.5. The van der Waals surface area contributed by atoms with Crippen LogP contribution in [-0.4, -0.2) is 36.9 Å². The Balaban J connectivity index is 2.62. The minimum absolute atomic E-state index is 0.204. The first-order valence-corrected chi connectivity index (χ1v) is 9.33. The number of hydrogen-bond acceptors (Lipinski definition) is 6. The summed E-state index contributed by atoms with van der Waals surface area (Å²) in [6.07, 6.45) is 0. The van der Waals surface area contributed by atoms with Crippen molar-refractivity contribution < 1.29 is 27.4 Å². The summed E-state index contributed by atoms with van der Waals surface area (Å²) in [6.45, 7) is 0. The minimum atomic E-state index is -3.94. The number of rotatable bonds is 8. The lowest BCUT2D eigenvalue weighted by Crippen LogP contribution is -2.22. The molecule has 0 aromatic heterocycles. The second-order valence-electron chi connectivity index (χ2n) is 5.33. The molecule has 9 heteroatoms. The van der Waals surface area contributed by atoms with Crippen LogP contribution in [0.15, 0.2) is 42.5 Å². The molecule has 0 unspecified atom stereocenters. The predicted molar refractivity (Wildman–Crippen MR) is 104 cm³/mol. The Hall–Kier alpha value is -2.91. The normalized spacial score (nSPS) is 12.0. The molecule has 2 aromatic carbocycles. The van der Waals surface area contributed by atoms with E-state index in [1.165, 1.54) is 27.4 Å². The summed E-state index contributed by atoms with van der Waals surface area (Å²) in [4.78, 5) is 0. The second kappa shape index (κ2) is 8.65. The number of ether oxygens (including phenoxy) is 4. The SMILES string of the molecule is COC(=C(OC)c1ccccc1OC)c1ccc(NS(N)(=O)=O)c(OC)c1. The highest BCUT2D eigenvalue weighted by molar-refractivity contribution is 7.90. The van der Waals surface area contributed by atoms with Crippen molar-refractivity contribution in [1.29, 1.82) is 0 Å². The first-order chi connectivity index (χ1) is 12.8. The van der Waals surface area contributed by atoms with Crippen molar-refractivity contribution in [2.24, 2.45) is 5.14 Å². The third-order valence-electron chi connectivity index (χ3n) is 3.68. The van der Waals surface area contributed by atoms with Crippen LogP contribution >= 0.6 is 0 Å². The Kier molecular flexibility index (Phi) is 6.54. The van der Waals surface area contributed by atoms with Gasteiger partial charge in [-0.05, 0) is 30.3 Å². The van der Waals surface area contributed by atoms with E-state index >= 15 is 0 Å². The lowest BCUT2D eigenvalue weighted by atomic mass is 10.1. The maximum absolute atomic E-state index is 11.3. The van der Waals surface area contributed by atoms with Crippen molar-refractivity contribution in [2.45, 2.75) is 0 Å². The quantitative estimate of drug-likeness (QED) is 0.526. The Bertz CT molecular complexity index is 941. The monoisotopic (exact) mass is 394 g/mol. The van der Waals surface area contributed by atoms with Crippen LogP contribution in [0.25, 0.3) is 11.5 Å². The molecule has 0 amide bonds. The van der Waals surface area contributed by atoms with Crippen LogP contribution in [0.4, 0.5) is 5.69 Å². The average Bonchev–Trinajstić information content (AvgIpc) is 2.65. The van der Waals surface area contributed by atoms with Crippen LogP contribution in [-0.2, 0) is 19.7 Å². The Morgan fingerprint density at radius 2 is 1.52 bits per heavy atom. The molecule has 0 aliphatic rings. The summed E-state index contributed by atoms with van der Waals surface area (Å²) in [5, 5.41) is 5.03. The number of benzene rings is 2. The highest BCUT2D eigenvalue weighted by Gasteiger charge is 2.19. The molecule has 0 heterocycles. The number of nitrogens with two attached hydrogens (primary N) is 1. The Labute approximate surface area is 158 Å². The van der Waals surface area contributed by atoms with Crippen LogP contribution in [0.2, 0.25) is 0 Å². The molecule has 0 aliphatic carbocycles. The highest BCUT2D eigenvalue weighted by Crippen LogP contribution is 2.36. The lowest BCUT2D eigenvalue weighted by molar-refractivity contribution is 0.325. The standard InChI is InChI=1S/C18H22N2O6S/c1-23-15-8-6-5-7-13(15)18(26-4)17(25-3)12-9-10-14(16(11-12)24-2)20-27(19,21)22/h5-11,20H,1-4H3,(H2,19,21,22). The zero-order chi connectivity index (χ0) is 20.0. The number of hydrogen-bond donors (Lipinski definition) is 2. The third-order valence-corrected chi connectivity index (χ3v) is 4.19. The van der Waals surface area contributed by atoms with Crippen molar-refractivity contribution in [3.05, 3.63) is 53.6 Å². The topological polar surface area (TPSA) is 109 Å². The highest BCUT2D eigenvalue weighted by atomic mass is 32.2. The van der Waals surface area contributed by atoms with Crippen molar-refractivity contribution >= 4 is 27.4 Å². The average molecular weight is 394 g/mol. The largest absolute Gasteiger partial charge is 0.496 e. The minimum Gasteiger partial charge on any atom is -0.496 e. The van der Waals surface area contributed by atoms with Gasteiger partial charge in [0.05, 0.1) is 39.7 Å². The fraction of sp³-hybridized carbons (Fsp3) is 0.222. The van der Waals surface area contributed by atoms with E-state index in [1.807, 2.05) is 18.2 Å². The molecular formula is C18H22N2O6S. The molecule has 0 bridgehead atoms. The van der Waals surface area contributed by atoms with Gasteiger partial charge in [0.2, 0.25) is 0 Å². The third kappa shape index (κ3) is 4.83. The van der Waals surface area contributed by atoms with E-state index in [1.54, 1.807) is 25.3 Å². The summed E-state index contributed by atoms with van der Waals surface area (Å²) in [5.74, 6) is 1.75. The molecule has 0 spiro atoms. The van der Waals surface area contributed by atoms with Crippen LogP contribution < -0.4 is 19.3 Å². The molecule has 27 heavy (non-hydrogen) atoms. The van der Waals surface area contributed by atoms with Crippen LogP contribution in [0.3, 0.4) is 0 Å². The van der Waals surface area contributed by atoms with E-state index in [-0.39, 0.29) is 11.4 Å². The zero-order valence-corrected chi connectivity index (χ0v) is 16.3. The number of nitrogens with one attached hydrogen (secondary N) is 1. The Morgan fingerprint density at radius 1 is 0.889 bits per heavy atom. The van der Waals surface area contributed by atoms with Gasteiger partial charge in [0, 0.05) is 5.56 Å². The van der Waals surface area contributed by atoms with Gasteiger partial charge in [0.15, 0.2) is 11.5 Å². The molecule has 0 radical (unpaired) electrons. The molecule has 2 aromatic rings. The van der Waals surface area contributed by atoms with E-state index in [9.17, 15) is 8.42 Å². The maximum atomic E-state index is 11.3. The van der Waals surface area contributed by atoms with Gasteiger partial charge in [-0.25, -0.2) is 5.14 Å². The summed E-state index contributed by atoms with van der Waals surface area (Å²) in [5.41, 5.74) is 1.51. The van der Waals surface area contributed by atoms with Gasteiger partial charge in [-0.3, -0.25) is 4.72 Å². The summed E-state index contributed by atoms with van der Waals surface area (Å²) in [6, 6.07) is 12.1. The molecule has 3 N–H and O–H groups in total. The maximum Gasteiger partial charge on any atom is 0.296 e. The first kappa shape index (κ1) is 20.4. The molecule has 0 fully saturated rings. The number of anilines is 1. The second-order valence-corrected chi connectivity index (χ2v) is 6.62. The van der Waals surface area contributed by atoms with Crippen LogP contribution in [0, 0.1) is 0 Å². The fourth-order valence-electron chi connectivity index (χ4n) is 2.57. The molecule has 146 valence electrons. The molecule has 0 saturated heterocycles. The molecular weight excluding hydrogens is 372 g/mol. The van der Waals surface area contributed by atoms with Gasteiger partial charge in [-0.15, -0.1) is 0 Å². The van der Waals surface area contributed by atoms with Gasteiger partial charge in [0.1, 0.15) is 11.5 Å². The van der Waals surface area contributed by atoms with Gasteiger partial charge in [-0.1, -0.05) is 12.1 Å². The summed E-state index contributed by atoms with van der Waals surface area (Å²) < 4.78 is 46.6. The van der Waals surface area contributed by atoms with Gasteiger partial charge >= 0.3 is 0 Å². The first-order valence-electron chi connectivity index (χ1n) is 7.79. The molecule has 8 nitrogen and oxygen atoms in total. The van der Waals surface area contributed by atoms with E-state index in [2.05, 4.69) is 4.72 Å².